The van der Waals surface area contributed by atoms with Gasteiger partial charge in [0.05, 0.1) is 11.8 Å². The van der Waals surface area contributed by atoms with Crippen LogP contribution in [0.5, 0.6) is 5.75 Å². The number of ketones is 1. The molecule has 0 amide bonds. The number of hydrogen-bond acceptors (Lipinski definition) is 3. The summed E-state index contributed by atoms with van der Waals surface area (Å²) in [5.41, 5.74) is 1.13. The lowest BCUT2D eigenvalue weighted by Crippen LogP contribution is -2.02. The number of rotatable bonds is 4. The third kappa shape index (κ3) is 2.91. The minimum absolute atomic E-state index is 0.0667. The molecule has 0 fully saturated rings. The summed E-state index contributed by atoms with van der Waals surface area (Å²) in [7, 11) is 0. The van der Waals surface area contributed by atoms with E-state index in [1.54, 1.807) is 24.3 Å². The number of carbonyl (C=O) groups is 1. The monoisotopic (exact) mass is 245 g/mol. The fourth-order valence-corrected chi connectivity index (χ4v) is 1.58. The molecule has 1 heterocycles. The Morgan fingerprint density at radius 1 is 1.33 bits per heavy atom. The summed E-state index contributed by atoms with van der Waals surface area (Å²) in [5, 5.41) is 0. The number of carbonyl (C=O) groups excluding carboxylic acids is 1. The van der Waals surface area contributed by atoms with Crippen LogP contribution in [-0.4, -0.2) is 10.8 Å². The second kappa shape index (κ2) is 5.40. The molecule has 0 unspecified atom stereocenters. The van der Waals surface area contributed by atoms with Crippen LogP contribution in [0.25, 0.3) is 0 Å². The van der Waals surface area contributed by atoms with E-state index in [9.17, 15) is 9.18 Å². The Hall–Kier alpha value is -2.23. The van der Waals surface area contributed by atoms with Crippen molar-refractivity contribution in [3.8, 4) is 5.75 Å². The number of para-hydroxylation sites is 1. The highest BCUT2D eigenvalue weighted by Gasteiger charge is 2.07. The minimum Gasteiger partial charge on any atom is -0.488 e. The lowest BCUT2D eigenvalue weighted by molar-refractivity contribution is 0.101. The zero-order valence-corrected chi connectivity index (χ0v) is 9.89. The molecule has 3 nitrogen and oxygen atoms in total. The van der Waals surface area contributed by atoms with Crippen molar-refractivity contribution in [3.63, 3.8) is 0 Å². The first-order valence-electron chi connectivity index (χ1n) is 5.49. The number of benzene rings is 1. The van der Waals surface area contributed by atoms with E-state index < -0.39 is 5.82 Å². The lowest BCUT2D eigenvalue weighted by Gasteiger charge is -2.09. The third-order valence-corrected chi connectivity index (χ3v) is 2.42. The molecule has 92 valence electrons. The third-order valence-electron chi connectivity index (χ3n) is 2.42. The van der Waals surface area contributed by atoms with E-state index in [0.29, 0.717) is 16.9 Å². The highest BCUT2D eigenvalue weighted by Crippen LogP contribution is 2.19. The van der Waals surface area contributed by atoms with Gasteiger partial charge in [0.15, 0.2) is 5.78 Å². The Bertz CT molecular complexity index is 569. The van der Waals surface area contributed by atoms with Crippen molar-refractivity contribution in [2.75, 3.05) is 0 Å². The van der Waals surface area contributed by atoms with Crippen LogP contribution in [0.15, 0.2) is 42.7 Å². The predicted octanol–water partition coefficient (Wildman–Crippen LogP) is 3.00. The molecule has 18 heavy (non-hydrogen) atoms. The Morgan fingerprint density at radius 2 is 2.11 bits per heavy atom. The Labute approximate surface area is 104 Å². The van der Waals surface area contributed by atoms with Gasteiger partial charge < -0.3 is 4.74 Å². The molecule has 0 spiro atoms. The summed E-state index contributed by atoms with van der Waals surface area (Å²) >= 11 is 0. The minimum atomic E-state index is -0.407. The molecule has 0 aliphatic heterocycles. The van der Waals surface area contributed by atoms with Crippen LogP contribution in [0.2, 0.25) is 0 Å². The SMILES string of the molecule is CC(=O)c1ccccc1OCc1cncc(F)c1. The van der Waals surface area contributed by atoms with Gasteiger partial charge in [-0.05, 0) is 25.1 Å². The highest BCUT2D eigenvalue weighted by molar-refractivity contribution is 5.96. The zero-order chi connectivity index (χ0) is 13.0. The van der Waals surface area contributed by atoms with Gasteiger partial charge in [0.2, 0.25) is 0 Å². The van der Waals surface area contributed by atoms with E-state index in [1.807, 2.05) is 0 Å². The fraction of sp³-hybridized carbons (Fsp3) is 0.143. The van der Waals surface area contributed by atoms with Gasteiger partial charge in [-0.3, -0.25) is 9.78 Å². The molecule has 0 radical (unpaired) electrons. The average molecular weight is 245 g/mol. The van der Waals surface area contributed by atoms with E-state index >= 15 is 0 Å². The second-order valence-electron chi connectivity index (χ2n) is 3.85. The smallest absolute Gasteiger partial charge is 0.163 e. The van der Waals surface area contributed by atoms with Crippen molar-refractivity contribution in [3.05, 3.63) is 59.7 Å². The first-order chi connectivity index (χ1) is 8.66. The van der Waals surface area contributed by atoms with Crippen LogP contribution in [0.4, 0.5) is 4.39 Å². The summed E-state index contributed by atoms with van der Waals surface area (Å²) in [4.78, 5) is 15.1. The summed E-state index contributed by atoms with van der Waals surface area (Å²) < 4.78 is 18.4. The molecule has 0 aliphatic carbocycles. The molecule has 1 aromatic carbocycles. The zero-order valence-electron chi connectivity index (χ0n) is 9.89. The van der Waals surface area contributed by atoms with Crippen molar-refractivity contribution in [1.82, 2.24) is 4.98 Å². The lowest BCUT2D eigenvalue weighted by atomic mass is 10.1. The maximum absolute atomic E-state index is 12.9. The van der Waals surface area contributed by atoms with E-state index in [2.05, 4.69) is 4.98 Å². The molecule has 0 atom stereocenters. The van der Waals surface area contributed by atoms with Gasteiger partial charge in [-0.2, -0.15) is 0 Å². The predicted molar refractivity (Wildman–Crippen MR) is 65.0 cm³/mol. The first kappa shape index (κ1) is 12.2. The van der Waals surface area contributed by atoms with E-state index in [0.717, 1.165) is 6.20 Å². The summed E-state index contributed by atoms with van der Waals surface area (Å²) in [5.74, 6) is 0.0215. The number of hydrogen-bond donors (Lipinski definition) is 0. The molecule has 0 saturated heterocycles. The first-order valence-corrected chi connectivity index (χ1v) is 5.49. The van der Waals surface area contributed by atoms with Crippen molar-refractivity contribution in [1.29, 1.82) is 0 Å². The van der Waals surface area contributed by atoms with Gasteiger partial charge in [-0.15, -0.1) is 0 Å². The topological polar surface area (TPSA) is 39.2 Å². The molecule has 4 heteroatoms. The van der Waals surface area contributed by atoms with Gasteiger partial charge >= 0.3 is 0 Å². The van der Waals surface area contributed by atoms with E-state index in [-0.39, 0.29) is 12.4 Å². The van der Waals surface area contributed by atoms with Gasteiger partial charge in [0.1, 0.15) is 18.2 Å². The van der Waals surface area contributed by atoms with E-state index in [1.165, 1.54) is 19.2 Å². The fourth-order valence-electron chi connectivity index (χ4n) is 1.58. The number of pyridine rings is 1. The highest BCUT2D eigenvalue weighted by atomic mass is 19.1. The van der Waals surface area contributed by atoms with Crippen LogP contribution in [0, 0.1) is 5.82 Å². The summed E-state index contributed by atoms with van der Waals surface area (Å²) in [6.45, 7) is 1.65. The van der Waals surface area contributed by atoms with Crippen LogP contribution in [0.1, 0.15) is 22.8 Å². The standard InChI is InChI=1S/C14H12FNO2/c1-10(17)13-4-2-3-5-14(13)18-9-11-6-12(15)8-16-7-11/h2-8H,9H2,1H3. The average Bonchev–Trinajstić information content (AvgIpc) is 2.37. The quantitative estimate of drug-likeness (QED) is 0.777. The Balaban J connectivity index is 2.13. The maximum Gasteiger partial charge on any atom is 0.163 e. The largest absolute Gasteiger partial charge is 0.488 e. The summed E-state index contributed by atoms with van der Waals surface area (Å²) in [6, 6.07) is 8.31. The van der Waals surface area contributed by atoms with E-state index in [4.69, 9.17) is 4.74 Å². The van der Waals surface area contributed by atoms with Crippen LogP contribution in [0.3, 0.4) is 0 Å². The number of halogens is 1. The number of ether oxygens (including phenoxy) is 1. The van der Waals surface area contributed by atoms with Gasteiger partial charge in [-0.25, -0.2) is 4.39 Å². The summed E-state index contributed by atoms with van der Waals surface area (Å²) in [6.07, 6.45) is 2.66. The van der Waals surface area contributed by atoms with Crippen LogP contribution in [-0.2, 0) is 6.61 Å². The van der Waals surface area contributed by atoms with Crippen molar-refractivity contribution >= 4 is 5.78 Å². The Morgan fingerprint density at radius 3 is 2.83 bits per heavy atom. The number of aromatic nitrogens is 1. The van der Waals surface area contributed by atoms with Crippen molar-refractivity contribution < 1.29 is 13.9 Å². The van der Waals surface area contributed by atoms with Gasteiger partial charge in [-0.1, -0.05) is 12.1 Å². The van der Waals surface area contributed by atoms with Crippen molar-refractivity contribution in [2.45, 2.75) is 13.5 Å². The molecule has 0 N–H and O–H groups in total. The molecule has 0 saturated carbocycles. The molecule has 0 bridgehead atoms. The Kier molecular flexibility index (Phi) is 3.67. The van der Waals surface area contributed by atoms with Crippen molar-refractivity contribution in [2.24, 2.45) is 0 Å². The molecular weight excluding hydrogens is 233 g/mol. The number of nitrogens with zero attached hydrogens (tertiary/aromatic N) is 1. The molecule has 2 rings (SSSR count). The van der Waals surface area contributed by atoms with Gasteiger partial charge in [0.25, 0.3) is 0 Å². The maximum atomic E-state index is 12.9. The molecule has 0 aliphatic rings. The second-order valence-corrected chi connectivity index (χ2v) is 3.85. The van der Waals surface area contributed by atoms with Gasteiger partial charge in [0, 0.05) is 11.8 Å². The molecular formula is C14H12FNO2. The number of Topliss-reactive ketones (excluding diaryl/α,β-unsaturated/α-hetero) is 1. The van der Waals surface area contributed by atoms with Crippen LogP contribution < -0.4 is 4.74 Å². The van der Waals surface area contributed by atoms with Crippen LogP contribution >= 0.6 is 0 Å². The normalized spacial score (nSPS) is 10.1. The molecule has 2 aromatic rings. The molecule has 1 aromatic heterocycles.